The Morgan fingerprint density at radius 1 is 0.724 bits per heavy atom. The fourth-order valence-corrected chi connectivity index (χ4v) is 3.89. The minimum atomic E-state index is 0.318. The summed E-state index contributed by atoms with van der Waals surface area (Å²) in [5.41, 5.74) is 2.41. The van der Waals surface area contributed by atoms with Crippen LogP contribution in [0.15, 0.2) is 30.3 Å². The van der Waals surface area contributed by atoms with Crippen molar-refractivity contribution >= 4 is 0 Å². The number of rotatable bonds is 7. The second-order valence-corrected chi connectivity index (χ2v) is 7.27. The van der Waals surface area contributed by atoms with Crippen LogP contribution in [0.25, 0.3) is 0 Å². The zero-order chi connectivity index (χ0) is 20.2. The van der Waals surface area contributed by atoms with Crippen LogP contribution in [0.4, 0.5) is 0 Å². The molecule has 2 heterocycles. The molecule has 0 saturated carbocycles. The first-order chi connectivity index (χ1) is 14.2. The van der Waals surface area contributed by atoms with Gasteiger partial charge in [-0.3, -0.25) is 9.80 Å². The van der Waals surface area contributed by atoms with E-state index in [0.29, 0.717) is 24.0 Å². The zero-order valence-electron chi connectivity index (χ0n) is 17.3. The summed E-state index contributed by atoms with van der Waals surface area (Å²) >= 11 is 0. The van der Waals surface area contributed by atoms with E-state index < -0.39 is 0 Å². The van der Waals surface area contributed by atoms with Crippen LogP contribution in [0.1, 0.15) is 11.1 Å². The Balaban J connectivity index is 1.34. The molecule has 0 atom stereocenters. The van der Waals surface area contributed by atoms with Crippen molar-refractivity contribution in [2.24, 2.45) is 0 Å². The SMILES string of the molecule is COc1cc(CN2CCN(Cc3ccc4c(c3)OCO4)CC2)cc(OC)c1OC. The van der Waals surface area contributed by atoms with Crippen LogP contribution in [0.5, 0.6) is 28.7 Å². The van der Waals surface area contributed by atoms with E-state index in [1.165, 1.54) is 5.56 Å². The highest BCUT2D eigenvalue weighted by atomic mass is 16.7. The van der Waals surface area contributed by atoms with Gasteiger partial charge in [0.05, 0.1) is 21.3 Å². The van der Waals surface area contributed by atoms with Crippen molar-refractivity contribution < 1.29 is 23.7 Å². The van der Waals surface area contributed by atoms with E-state index in [1.807, 2.05) is 18.2 Å². The molecular formula is C22H28N2O5. The summed E-state index contributed by atoms with van der Waals surface area (Å²) in [6.07, 6.45) is 0. The van der Waals surface area contributed by atoms with Gasteiger partial charge in [0.15, 0.2) is 23.0 Å². The lowest BCUT2D eigenvalue weighted by Gasteiger charge is -2.35. The smallest absolute Gasteiger partial charge is 0.231 e. The topological polar surface area (TPSA) is 52.6 Å². The van der Waals surface area contributed by atoms with Crippen LogP contribution >= 0.6 is 0 Å². The summed E-state index contributed by atoms with van der Waals surface area (Å²) in [6, 6.07) is 10.3. The molecule has 0 unspecified atom stereocenters. The van der Waals surface area contributed by atoms with Crippen molar-refractivity contribution in [2.75, 3.05) is 54.3 Å². The second-order valence-electron chi connectivity index (χ2n) is 7.27. The van der Waals surface area contributed by atoms with E-state index in [9.17, 15) is 0 Å². The number of methoxy groups -OCH3 is 3. The van der Waals surface area contributed by atoms with Gasteiger partial charge in [-0.2, -0.15) is 0 Å². The van der Waals surface area contributed by atoms with E-state index in [1.54, 1.807) is 21.3 Å². The maximum atomic E-state index is 5.49. The first kappa shape index (κ1) is 19.7. The number of fused-ring (bicyclic) bond motifs is 1. The van der Waals surface area contributed by atoms with E-state index >= 15 is 0 Å². The van der Waals surface area contributed by atoms with E-state index in [2.05, 4.69) is 21.9 Å². The van der Waals surface area contributed by atoms with Crippen LogP contribution in [-0.4, -0.2) is 64.1 Å². The molecule has 156 valence electrons. The van der Waals surface area contributed by atoms with Gasteiger partial charge in [0, 0.05) is 39.3 Å². The Morgan fingerprint density at radius 3 is 1.90 bits per heavy atom. The van der Waals surface area contributed by atoms with Crippen molar-refractivity contribution in [1.29, 1.82) is 0 Å². The van der Waals surface area contributed by atoms with Crippen molar-refractivity contribution in [3.63, 3.8) is 0 Å². The molecule has 0 N–H and O–H groups in total. The quantitative estimate of drug-likeness (QED) is 0.708. The zero-order valence-corrected chi connectivity index (χ0v) is 17.3. The van der Waals surface area contributed by atoms with Gasteiger partial charge in [0.25, 0.3) is 0 Å². The fourth-order valence-electron chi connectivity index (χ4n) is 3.89. The summed E-state index contributed by atoms with van der Waals surface area (Å²) < 4.78 is 27.2. The molecule has 1 fully saturated rings. The second kappa shape index (κ2) is 8.80. The van der Waals surface area contributed by atoms with Crippen molar-refractivity contribution in [3.8, 4) is 28.7 Å². The maximum Gasteiger partial charge on any atom is 0.231 e. The minimum Gasteiger partial charge on any atom is -0.493 e. The van der Waals surface area contributed by atoms with E-state index in [-0.39, 0.29) is 0 Å². The molecule has 1 saturated heterocycles. The number of piperazine rings is 1. The molecule has 0 bridgehead atoms. The standard InChI is InChI=1S/C22H28N2O5/c1-25-20-11-17(12-21(26-2)22(20)27-3)14-24-8-6-23(7-9-24)13-16-4-5-18-19(10-16)29-15-28-18/h4-5,10-12H,6-9,13-15H2,1-3H3. The predicted molar refractivity (Wildman–Crippen MR) is 109 cm³/mol. The molecule has 0 radical (unpaired) electrons. The van der Waals surface area contributed by atoms with Gasteiger partial charge in [-0.25, -0.2) is 0 Å². The van der Waals surface area contributed by atoms with Crippen molar-refractivity contribution in [1.82, 2.24) is 9.80 Å². The van der Waals surface area contributed by atoms with Crippen LogP contribution in [0, 0.1) is 0 Å². The summed E-state index contributed by atoms with van der Waals surface area (Å²) in [5, 5.41) is 0. The number of ether oxygens (including phenoxy) is 5. The number of hydrogen-bond donors (Lipinski definition) is 0. The molecule has 7 nitrogen and oxygen atoms in total. The molecule has 0 aliphatic carbocycles. The number of hydrogen-bond acceptors (Lipinski definition) is 7. The highest BCUT2D eigenvalue weighted by Crippen LogP contribution is 2.38. The van der Waals surface area contributed by atoms with Gasteiger partial charge in [-0.1, -0.05) is 6.07 Å². The monoisotopic (exact) mass is 400 g/mol. The predicted octanol–water partition coefficient (Wildman–Crippen LogP) is 2.76. The average Bonchev–Trinajstić information content (AvgIpc) is 3.22. The summed E-state index contributed by atoms with van der Waals surface area (Å²) in [5.74, 6) is 3.71. The Hall–Kier alpha value is -2.64. The van der Waals surface area contributed by atoms with Crippen LogP contribution in [0.3, 0.4) is 0 Å². The van der Waals surface area contributed by atoms with Gasteiger partial charge in [0.2, 0.25) is 12.5 Å². The molecule has 2 aliphatic heterocycles. The largest absolute Gasteiger partial charge is 0.493 e. The van der Waals surface area contributed by atoms with Crippen LogP contribution in [-0.2, 0) is 13.1 Å². The molecule has 7 heteroatoms. The Labute approximate surface area is 171 Å². The van der Waals surface area contributed by atoms with Gasteiger partial charge in [-0.15, -0.1) is 0 Å². The molecule has 29 heavy (non-hydrogen) atoms. The average molecular weight is 400 g/mol. The summed E-state index contributed by atoms with van der Waals surface area (Å²) in [4.78, 5) is 4.93. The Kier molecular flexibility index (Phi) is 5.97. The lowest BCUT2D eigenvalue weighted by molar-refractivity contribution is 0.122. The normalized spacial score (nSPS) is 16.7. The van der Waals surface area contributed by atoms with Gasteiger partial charge in [0.1, 0.15) is 0 Å². The Bertz CT molecular complexity index is 824. The minimum absolute atomic E-state index is 0.318. The van der Waals surface area contributed by atoms with Crippen LogP contribution in [0.2, 0.25) is 0 Å². The molecule has 2 aromatic rings. The highest BCUT2D eigenvalue weighted by molar-refractivity contribution is 5.53. The molecule has 2 aromatic carbocycles. The van der Waals surface area contributed by atoms with E-state index in [0.717, 1.165) is 56.3 Å². The molecule has 0 aromatic heterocycles. The van der Waals surface area contributed by atoms with Crippen molar-refractivity contribution in [2.45, 2.75) is 13.1 Å². The molecule has 4 rings (SSSR count). The van der Waals surface area contributed by atoms with Gasteiger partial charge >= 0.3 is 0 Å². The molecule has 0 spiro atoms. The first-order valence-electron chi connectivity index (χ1n) is 9.82. The summed E-state index contributed by atoms with van der Waals surface area (Å²) in [7, 11) is 4.92. The summed E-state index contributed by atoms with van der Waals surface area (Å²) in [6.45, 7) is 6.18. The third kappa shape index (κ3) is 4.36. The number of nitrogens with zero attached hydrogens (tertiary/aromatic N) is 2. The van der Waals surface area contributed by atoms with Gasteiger partial charge in [-0.05, 0) is 35.4 Å². The number of benzene rings is 2. The maximum absolute atomic E-state index is 5.49. The third-order valence-corrected chi connectivity index (χ3v) is 5.44. The molecule has 0 amide bonds. The van der Waals surface area contributed by atoms with Crippen LogP contribution < -0.4 is 23.7 Å². The lowest BCUT2D eigenvalue weighted by Crippen LogP contribution is -2.45. The lowest BCUT2D eigenvalue weighted by atomic mass is 10.1. The van der Waals surface area contributed by atoms with Crippen molar-refractivity contribution in [3.05, 3.63) is 41.5 Å². The third-order valence-electron chi connectivity index (χ3n) is 5.44. The molecule has 2 aliphatic rings. The van der Waals surface area contributed by atoms with E-state index in [4.69, 9.17) is 23.7 Å². The fraction of sp³-hybridized carbons (Fsp3) is 0.455. The highest BCUT2D eigenvalue weighted by Gasteiger charge is 2.20. The first-order valence-corrected chi connectivity index (χ1v) is 9.82. The van der Waals surface area contributed by atoms with Gasteiger partial charge < -0.3 is 23.7 Å². The Morgan fingerprint density at radius 2 is 1.31 bits per heavy atom. The molecular weight excluding hydrogens is 372 g/mol.